The second-order valence-electron chi connectivity index (χ2n) is 6.40. The van der Waals surface area contributed by atoms with Gasteiger partial charge in [-0.2, -0.15) is 5.10 Å². The minimum atomic E-state index is -0.0222. The second-order valence-corrected chi connectivity index (χ2v) is 6.40. The van der Waals surface area contributed by atoms with Gasteiger partial charge in [-0.1, -0.05) is 0 Å². The van der Waals surface area contributed by atoms with E-state index in [9.17, 15) is 4.79 Å². The monoisotopic (exact) mass is 330 g/mol. The Morgan fingerprint density at radius 1 is 1.29 bits per heavy atom. The number of carbonyl (C=O) groups is 1. The van der Waals surface area contributed by atoms with Crippen molar-refractivity contribution in [3.8, 4) is 11.1 Å². The summed E-state index contributed by atoms with van der Waals surface area (Å²) in [6.45, 7) is 2.55. The molecule has 4 heterocycles. The van der Waals surface area contributed by atoms with Crippen LogP contribution in [0.15, 0.2) is 24.8 Å². The molecule has 24 heavy (non-hydrogen) atoms. The number of aryl methyl sites for hydroxylation is 1. The van der Waals surface area contributed by atoms with Gasteiger partial charge in [-0.15, -0.1) is 0 Å². The minimum absolute atomic E-state index is 0.0222. The van der Waals surface area contributed by atoms with Crippen molar-refractivity contribution >= 4 is 5.91 Å². The van der Waals surface area contributed by atoms with E-state index in [2.05, 4.69) is 10.1 Å². The first kappa shape index (κ1) is 15.4. The third kappa shape index (κ3) is 2.85. The number of amides is 1. The molecule has 1 N–H and O–H groups in total. The number of ether oxygens (including phenoxy) is 2. The summed E-state index contributed by atoms with van der Waals surface area (Å²) in [5, 5.41) is 4.19. The molecule has 2 fully saturated rings. The molecule has 7 heteroatoms. The summed E-state index contributed by atoms with van der Waals surface area (Å²) >= 11 is 0. The molecule has 0 radical (unpaired) electrons. The van der Waals surface area contributed by atoms with E-state index in [4.69, 9.17) is 9.47 Å². The van der Waals surface area contributed by atoms with Crippen LogP contribution in [0.5, 0.6) is 0 Å². The summed E-state index contributed by atoms with van der Waals surface area (Å²) in [4.78, 5) is 17.9. The summed E-state index contributed by atoms with van der Waals surface area (Å²) in [5.74, 6) is 0.0291. The maximum absolute atomic E-state index is 13.0. The van der Waals surface area contributed by atoms with E-state index in [0.717, 1.165) is 30.6 Å². The molecule has 2 atom stereocenters. The highest BCUT2D eigenvalue weighted by Crippen LogP contribution is 2.26. The van der Waals surface area contributed by atoms with E-state index in [0.29, 0.717) is 25.3 Å². The first-order valence-corrected chi connectivity index (χ1v) is 8.40. The number of morpholine rings is 1. The summed E-state index contributed by atoms with van der Waals surface area (Å²) in [5.41, 5.74) is 2.50. The van der Waals surface area contributed by atoms with E-state index < -0.39 is 0 Å². The third-order valence-electron chi connectivity index (χ3n) is 4.75. The fourth-order valence-electron chi connectivity index (χ4n) is 3.49. The van der Waals surface area contributed by atoms with Crippen molar-refractivity contribution < 1.29 is 14.3 Å². The predicted molar refractivity (Wildman–Crippen MR) is 87.6 cm³/mol. The van der Waals surface area contributed by atoms with Crippen molar-refractivity contribution in [2.75, 3.05) is 26.3 Å². The number of hydrogen-bond donors (Lipinski definition) is 1. The third-order valence-corrected chi connectivity index (χ3v) is 4.75. The maximum atomic E-state index is 13.0. The van der Waals surface area contributed by atoms with E-state index in [1.165, 1.54) is 0 Å². The van der Waals surface area contributed by atoms with E-state index in [1.807, 2.05) is 24.3 Å². The number of aromatic amines is 1. The van der Waals surface area contributed by atoms with Gasteiger partial charge in [-0.3, -0.25) is 9.48 Å². The van der Waals surface area contributed by atoms with Crippen molar-refractivity contribution in [3.05, 3.63) is 30.4 Å². The molecule has 2 aromatic rings. The highest BCUT2D eigenvalue weighted by atomic mass is 16.5. The van der Waals surface area contributed by atoms with Crippen molar-refractivity contribution in [2.24, 2.45) is 7.05 Å². The van der Waals surface area contributed by atoms with Gasteiger partial charge in [0.15, 0.2) is 0 Å². The van der Waals surface area contributed by atoms with E-state index >= 15 is 0 Å². The SMILES string of the molecule is Cn1cc(-c2c[nH]cc2C(=O)N2CCOC(C3CCCO3)C2)cn1. The lowest BCUT2D eigenvalue weighted by molar-refractivity contribution is -0.0867. The molecule has 0 saturated carbocycles. The van der Waals surface area contributed by atoms with Crippen LogP contribution in [0.3, 0.4) is 0 Å². The lowest BCUT2D eigenvalue weighted by atomic mass is 10.1. The molecule has 7 nitrogen and oxygen atoms in total. The molecule has 4 rings (SSSR count). The summed E-state index contributed by atoms with van der Waals surface area (Å²) in [6.07, 6.45) is 9.47. The van der Waals surface area contributed by atoms with Gasteiger partial charge >= 0.3 is 0 Å². The highest BCUT2D eigenvalue weighted by molar-refractivity contribution is 6.00. The van der Waals surface area contributed by atoms with Gasteiger partial charge in [0.05, 0.1) is 24.5 Å². The summed E-state index contributed by atoms with van der Waals surface area (Å²) < 4.78 is 13.3. The number of nitrogens with zero attached hydrogens (tertiary/aromatic N) is 3. The van der Waals surface area contributed by atoms with Crippen LogP contribution in [-0.4, -0.2) is 64.1 Å². The fraction of sp³-hybridized carbons (Fsp3) is 0.529. The Bertz CT molecular complexity index is 717. The van der Waals surface area contributed by atoms with Gasteiger partial charge in [-0.25, -0.2) is 0 Å². The van der Waals surface area contributed by atoms with Crippen LogP contribution in [-0.2, 0) is 16.5 Å². The van der Waals surface area contributed by atoms with Gasteiger partial charge < -0.3 is 19.4 Å². The topological polar surface area (TPSA) is 72.4 Å². The normalized spacial score (nSPS) is 24.5. The number of hydrogen-bond acceptors (Lipinski definition) is 4. The molecule has 2 aromatic heterocycles. The Morgan fingerprint density at radius 3 is 2.92 bits per heavy atom. The zero-order valence-electron chi connectivity index (χ0n) is 13.8. The summed E-state index contributed by atoms with van der Waals surface area (Å²) in [7, 11) is 1.87. The van der Waals surface area contributed by atoms with Gasteiger partial charge in [0.2, 0.25) is 0 Å². The standard InChI is InChI=1S/C17H22N4O3/c1-20-10-12(7-19-20)13-8-18-9-14(13)17(22)21-4-6-24-16(11-21)15-3-2-5-23-15/h7-10,15-16,18H,2-6,11H2,1H3. The molecule has 2 aliphatic rings. The average molecular weight is 330 g/mol. The van der Waals surface area contributed by atoms with Crippen molar-refractivity contribution in [1.82, 2.24) is 19.7 Å². The largest absolute Gasteiger partial charge is 0.375 e. The Labute approximate surface area is 140 Å². The number of H-pyrrole nitrogens is 1. The van der Waals surface area contributed by atoms with Gasteiger partial charge in [-0.05, 0) is 12.8 Å². The van der Waals surface area contributed by atoms with Crippen LogP contribution in [0.25, 0.3) is 11.1 Å². The average Bonchev–Trinajstić information content (AvgIpc) is 3.35. The van der Waals surface area contributed by atoms with Crippen molar-refractivity contribution in [3.63, 3.8) is 0 Å². The van der Waals surface area contributed by atoms with E-state index in [1.54, 1.807) is 17.1 Å². The Balaban J connectivity index is 1.52. The molecule has 0 aliphatic carbocycles. The molecule has 0 bridgehead atoms. The predicted octanol–water partition coefficient (Wildman–Crippen LogP) is 1.44. The molecule has 0 aromatic carbocycles. The lowest BCUT2D eigenvalue weighted by Crippen LogP contribution is -2.49. The molecule has 128 valence electrons. The van der Waals surface area contributed by atoms with Crippen LogP contribution < -0.4 is 0 Å². The zero-order chi connectivity index (χ0) is 16.5. The van der Waals surface area contributed by atoms with Crippen LogP contribution in [0, 0.1) is 0 Å². The number of rotatable bonds is 3. The van der Waals surface area contributed by atoms with Crippen LogP contribution in [0.1, 0.15) is 23.2 Å². The van der Waals surface area contributed by atoms with E-state index in [-0.39, 0.29) is 18.1 Å². The minimum Gasteiger partial charge on any atom is -0.375 e. The molecular weight excluding hydrogens is 308 g/mol. The molecule has 2 unspecified atom stereocenters. The van der Waals surface area contributed by atoms with Gasteiger partial charge in [0.25, 0.3) is 5.91 Å². The Kier molecular flexibility index (Phi) is 4.12. The van der Waals surface area contributed by atoms with Gasteiger partial charge in [0.1, 0.15) is 6.10 Å². The quantitative estimate of drug-likeness (QED) is 0.924. The second kappa shape index (κ2) is 6.41. The van der Waals surface area contributed by atoms with Crippen LogP contribution >= 0.6 is 0 Å². The number of carbonyl (C=O) groups excluding carboxylic acids is 1. The molecular formula is C17H22N4O3. The zero-order valence-corrected chi connectivity index (χ0v) is 13.8. The van der Waals surface area contributed by atoms with Crippen molar-refractivity contribution in [1.29, 1.82) is 0 Å². The molecule has 1 amide bonds. The lowest BCUT2D eigenvalue weighted by Gasteiger charge is -2.35. The Hall–Kier alpha value is -2.12. The fourth-order valence-corrected chi connectivity index (χ4v) is 3.49. The number of aromatic nitrogens is 3. The van der Waals surface area contributed by atoms with Gasteiger partial charge in [0, 0.05) is 56.5 Å². The Morgan fingerprint density at radius 2 is 2.17 bits per heavy atom. The smallest absolute Gasteiger partial charge is 0.256 e. The van der Waals surface area contributed by atoms with Crippen LogP contribution in [0.4, 0.5) is 0 Å². The number of nitrogens with one attached hydrogen (secondary N) is 1. The molecule has 2 aliphatic heterocycles. The maximum Gasteiger partial charge on any atom is 0.256 e. The first-order chi connectivity index (χ1) is 11.7. The first-order valence-electron chi connectivity index (χ1n) is 8.40. The summed E-state index contributed by atoms with van der Waals surface area (Å²) in [6, 6.07) is 0. The van der Waals surface area contributed by atoms with Crippen molar-refractivity contribution in [2.45, 2.75) is 25.0 Å². The highest BCUT2D eigenvalue weighted by Gasteiger charge is 2.33. The molecule has 0 spiro atoms. The molecule has 2 saturated heterocycles. The van der Waals surface area contributed by atoms with Crippen LogP contribution in [0.2, 0.25) is 0 Å².